The summed E-state index contributed by atoms with van der Waals surface area (Å²) in [5.74, 6) is 1.57. The van der Waals surface area contributed by atoms with Crippen LogP contribution in [-0.2, 0) is 6.54 Å². The number of aromatic nitrogens is 3. The number of imidazole rings is 1. The molecule has 2 aromatic heterocycles. The van der Waals surface area contributed by atoms with Gasteiger partial charge in [0.25, 0.3) is 0 Å². The highest BCUT2D eigenvalue weighted by molar-refractivity contribution is 5.85. The summed E-state index contributed by atoms with van der Waals surface area (Å²) in [5.41, 5.74) is 1.11. The van der Waals surface area contributed by atoms with Gasteiger partial charge in [0.2, 0.25) is 5.78 Å². The van der Waals surface area contributed by atoms with Gasteiger partial charge in [-0.2, -0.15) is 0 Å². The molecule has 0 spiro atoms. The molecule has 1 aliphatic rings. The highest BCUT2D eigenvalue weighted by atomic mass is 35.5. The third-order valence-corrected chi connectivity index (χ3v) is 3.53. The van der Waals surface area contributed by atoms with Crippen molar-refractivity contribution in [1.29, 1.82) is 0 Å². The first-order valence-corrected chi connectivity index (χ1v) is 6.50. The molecule has 0 saturated carbocycles. The number of fused-ring (bicyclic) bond motifs is 1. The van der Waals surface area contributed by atoms with E-state index in [0.717, 1.165) is 30.5 Å². The maximum Gasteiger partial charge on any atom is 0.233 e. The third kappa shape index (κ3) is 3.23. The van der Waals surface area contributed by atoms with Gasteiger partial charge in [-0.15, -0.1) is 12.4 Å². The molecule has 0 aliphatic carbocycles. The third-order valence-electron chi connectivity index (χ3n) is 3.53. The minimum Gasteiger partial charge on any atom is -0.319 e. The van der Waals surface area contributed by atoms with E-state index in [1.54, 1.807) is 6.20 Å². The summed E-state index contributed by atoms with van der Waals surface area (Å²) in [6.45, 7) is 4.39. The van der Waals surface area contributed by atoms with Crippen molar-refractivity contribution in [1.82, 2.24) is 24.6 Å². The Morgan fingerprint density at radius 2 is 2.37 bits per heavy atom. The van der Waals surface area contributed by atoms with Gasteiger partial charge in [0.1, 0.15) is 0 Å². The quantitative estimate of drug-likeness (QED) is 0.915. The van der Waals surface area contributed by atoms with Crippen molar-refractivity contribution in [3.8, 4) is 0 Å². The van der Waals surface area contributed by atoms with E-state index in [4.69, 9.17) is 0 Å². The van der Waals surface area contributed by atoms with Crippen LogP contribution in [0, 0.1) is 5.92 Å². The molecule has 6 heteroatoms. The van der Waals surface area contributed by atoms with Crippen molar-refractivity contribution in [2.45, 2.75) is 13.0 Å². The Morgan fingerprint density at radius 3 is 3.16 bits per heavy atom. The van der Waals surface area contributed by atoms with Crippen molar-refractivity contribution in [2.24, 2.45) is 5.92 Å². The first kappa shape index (κ1) is 14.2. The van der Waals surface area contributed by atoms with Gasteiger partial charge in [0.05, 0.1) is 5.69 Å². The van der Waals surface area contributed by atoms with Gasteiger partial charge in [-0.3, -0.25) is 9.30 Å². The van der Waals surface area contributed by atoms with Crippen LogP contribution in [-0.4, -0.2) is 46.0 Å². The molecule has 19 heavy (non-hydrogen) atoms. The fourth-order valence-corrected chi connectivity index (χ4v) is 2.70. The van der Waals surface area contributed by atoms with Gasteiger partial charge in [-0.05, 0) is 38.5 Å². The fraction of sp³-hybridized carbons (Fsp3) is 0.538. The molecular formula is C13H20ClN5. The van der Waals surface area contributed by atoms with Crippen LogP contribution in [0.3, 0.4) is 0 Å². The summed E-state index contributed by atoms with van der Waals surface area (Å²) in [5, 5.41) is 3.26. The van der Waals surface area contributed by atoms with Gasteiger partial charge in [0, 0.05) is 31.7 Å². The lowest BCUT2D eigenvalue weighted by molar-refractivity contribution is 0.312. The summed E-state index contributed by atoms with van der Waals surface area (Å²) in [4.78, 5) is 11.3. The number of likely N-dealkylation sites (tertiary alicyclic amines) is 1. The molecule has 0 bridgehead atoms. The summed E-state index contributed by atoms with van der Waals surface area (Å²) >= 11 is 0. The molecule has 104 valence electrons. The summed E-state index contributed by atoms with van der Waals surface area (Å²) in [6, 6.07) is 1.93. The van der Waals surface area contributed by atoms with Crippen LogP contribution in [0.15, 0.2) is 24.7 Å². The number of rotatable bonds is 4. The Hall–Kier alpha value is -1.17. The van der Waals surface area contributed by atoms with Crippen LogP contribution in [0.1, 0.15) is 12.1 Å². The van der Waals surface area contributed by atoms with Crippen molar-refractivity contribution in [3.63, 3.8) is 0 Å². The first-order chi connectivity index (χ1) is 8.85. The molecule has 0 amide bonds. The largest absolute Gasteiger partial charge is 0.319 e. The lowest BCUT2D eigenvalue weighted by atomic mass is 10.1. The second kappa shape index (κ2) is 6.32. The van der Waals surface area contributed by atoms with E-state index in [0.29, 0.717) is 0 Å². The number of hydrogen-bond donors (Lipinski definition) is 1. The van der Waals surface area contributed by atoms with E-state index in [2.05, 4.69) is 26.4 Å². The lowest BCUT2D eigenvalue weighted by Gasteiger charge is -2.14. The van der Waals surface area contributed by atoms with Crippen LogP contribution in [0.2, 0.25) is 0 Å². The minimum atomic E-state index is 0. The van der Waals surface area contributed by atoms with Gasteiger partial charge in [-0.25, -0.2) is 9.97 Å². The second-order valence-corrected chi connectivity index (χ2v) is 5.01. The SMILES string of the molecule is CNCC1CCN(Cc2cn3cccnc3n2)C1.Cl. The van der Waals surface area contributed by atoms with E-state index < -0.39 is 0 Å². The molecule has 1 aliphatic heterocycles. The molecule has 3 heterocycles. The topological polar surface area (TPSA) is 45.5 Å². The molecule has 2 aromatic rings. The van der Waals surface area contributed by atoms with Gasteiger partial charge in [0.15, 0.2) is 0 Å². The van der Waals surface area contributed by atoms with Gasteiger partial charge < -0.3 is 5.32 Å². The zero-order valence-corrected chi connectivity index (χ0v) is 11.9. The number of halogens is 1. The van der Waals surface area contributed by atoms with Gasteiger partial charge >= 0.3 is 0 Å². The second-order valence-electron chi connectivity index (χ2n) is 5.01. The Kier molecular flexibility index (Phi) is 4.74. The molecular weight excluding hydrogens is 262 g/mol. The van der Waals surface area contributed by atoms with Crippen LogP contribution in [0.4, 0.5) is 0 Å². The Labute approximate surface area is 119 Å². The van der Waals surface area contributed by atoms with E-state index in [-0.39, 0.29) is 12.4 Å². The van der Waals surface area contributed by atoms with Crippen molar-refractivity contribution >= 4 is 18.2 Å². The molecule has 3 rings (SSSR count). The van der Waals surface area contributed by atoms with E-state index in [1.165, 1.54) is 19.5 Å². The Morgan fingerprint density at radius 1 is 1.47 bits per heavy atom. The highest BCUT2D eigenvalue weighted by Crippen LogP contribution is 2.17. The number of nitrogens with one attached hydrogen (secondary N) is 1. The van der Waals surface area contributed by atoms with E-state index >= 15 is 0 Å². The Balaban J connectivity index is 0.00000133. The minimum absolute atomic E-state index is 0. The molecule has 0 radical (unpaired) electrons. The van der Waals surface area contributed by atoms with Crippen LogP contribution >= 0.6 is 12.4 Å². The van der Waals surface area contributed by atoms with Crippen molar-refractivity contribution in [2.75, 3.05) is 26.7 Å². The van der Waals surface area contributed by atoms with E-state index in [9.17, 15) is 0 Å². The number of hydrogen-bond acceptors (Lipinski definition) is 4. The van der Waals surface area contributed by atoms with Crippen LogP contribution in [0.25, 0.3) is 5.78 Å². The summed E-state index contributed by atoms with van der Waals surface area (Å²) < 4.78 is 1.98. The monoisotopic (exact) mass is 281 g/mol. The standard InChI is InChI=1S/C13H19N5.ClH/c1-14-7-11-3-6-17(8-11)9-12-10-18-5-2-4-15-13(18)16-12;/h2,4-5,10-11,14H,3,6-9H2,1H3;1H. The van der Waals surface area contributed by atoms with Crippen molar-refractivity contribution < 1.29 is 0 Å². The first-order valence-electron chi connectivity index (χ1n) is 6.50. The zero-order chi connectivity index (χ0) is 12.4. The van der Waals surface area contributed by atoms with Crippen molar-refractivity contribution in [3.05, 3.63) is 30.4 Å². The highest BCUT2D eigenvalue weighted by Gasteiger charge is 2.22. The summed E-state index contributed by atoms with van der Waals surface area (Å²) in [6.07, 6.45) is 7.14. The average Bonchev–Trinajstić information content (AvgIpc) is 2.96. The smallest absolute Gasteiger partial charge is 0.233 e. The van der Waals surface area contributed by atoms with Crippen LogP contribution in [0.5, 0.6) is 0 Å². The average molecular weight is 282 g/mol. The predicted molar refractivity (Wildman–Crippen MR) is 77.5 cm³/mol. The van der Waals surface area contributed by atoms with Crippen LogP contribution < -0.4 is 5.32 Å². The molecule has 1 fully saturated rings. The van der Waals surface area contributed by atoms with E-state index in [1.807, 2.05) is 23.7 Å². The number of nitrogens with zero attached hydrogens (tertiary/aromatic N) is 4. The lowest BCUT2D eigenvalue weighted by Crippen LogP contribution is -2.24. The van der Waals surface area contributed by atoms with Gasteiger partial charge in [-0.1, -0.05) is 0 Å². The molecule has 1 saturated heterocycles. The normalized spacial score (nSPS) is 19.7. The maximum absolute atomic E-state index is 4.54. The molecule has 5 nitrogen and oxygen atoms in total. The fourth-order valence-electron chi connectivity index (χ4n) is 2.70. The summed E-state index contributed by atoms with van der Waals surface area (Å²) in [7, 11) is 2.02. The molecule has 0 aromatic carbocycles. The zero-order valence-electron chi connectivity index (χ0n) is 11.1. The maximum atomic E-state index is 4.54. The molecule has 1 atom stereocenters. The predicted octanol–water partition coefficient (Wildman–Crippen LogP) is 1.19. The molecule has 1 N–H and O–H groups in total. The molecule has 1 unspecified atom stereocenters. The Bertz CT molecular complexity index is 493.